The fourth-order valence-electron chi connectivity index (χ4n) is 2.77. The van der Waals surface area contributed by atoms with Crippen LogP contribution in [0, 0.1) is 0 Å². The molecule has 3 heteroatoms. The van der Waals surface area contributed by atoms with Crippen LogP contribution in [-0.4, -0.2) is 15.3 Å². The Hall–Kier alpha value is -0.510. The van der Waals surface area contributed by atoms with Crippen molar-refractivity contribution in [1.29, 1.82) is 0 Å². The van der Waals surface area contributed by atoms with Crippen molar-refractivity contribution in [3.8, 4) is 0 Å². The molecule has 19 heavy (non-hydrogen) atoms. The molecule has 0 radical (unpaired) electrons. The van der Waals surface area contributed by atoms with Crippen molar-refractivity contribution in [3.63, 3.8) is 0 Å². The van der Waals surface area contributed by atoms with E-state index >= 15 is 0 Å². The van der Waals surface area contributed by atoms with Gasteiger partial charge in [0.1, 0.15) is 4.75 Å². The van der Waals surface area contributed by atoms with Crippen LogP contribution in [0.25, 0.3) is 0 Å². The van der Waals surface area contributed by atoms with Gasteiger partial charge in [-0.25, -0.2) is 0 Å². The highest BCUT2D eigenvalue weighted by atomic mass is 32.2. The van der Waals surface area contributed by atoms with Crippen LogP contribution in [0.4, 0.5) is 0 Å². The molecule has 1 aromatic rings. The number of hydrogen-bond donors (Lipinski definition) is 1. The van der Waals surface area contributed by atoms with Crippen molar-refractivity contribution in [3.05, 3.63) is 35.9 Å². The average molecular weight is 279 g/mol. The molecule has 0 heterocycles. The summed E-state index contributed by atoms with van der Waals surface area (Å²) >= 11 is -0.967. The summed E-state index contributed by atoms with van der Waals surface area (Å²) in [6.07, 6.45) is 3.34. The van der Waals surface area contributed by atoms with Crippen LogP contribution >= 0.6 is 0 Å². The van der Waals surface area contributed by atoms with Crippen molar-refractivity contribution in [2.45, 2.75) is 63.2 Å². The van der Waals surface area contributed by atoms with Crippen LogP contribution in [0.2, 0.25) is 0 Å². The highest BCUT2D eigenvalue weighted by molar-refractivity contribution is 7.90. The first-order chi connectivity index (χ1) is 8.81. The third kappa shape index (κ3) is 3.53. The quantitative estimate of drug-likeness (QED) is 0.859. The number of hydrogen-bond acceptors (Lipinski definition) is 2. The minimum Gasteiger partial charge on any atom is -0.598 e. The first-order valence-corrected chi connectivity index (χ1v) is 8.20. The van der Waals surface area contributed by atoms with Gasteiger partial charge in [0.25, 0.3) is 0 Å². The normalized spacial score (nSPS) is 29.4. The molecule has 0 spiro atoms. The Kier molecular flexibility index (Phi) is 4.29. The van der Waals surface area contributed by atoms with Crippen LogP contribution in [0.5, 0.6) is 0 Å². The van der Waals surface area contributed by atoms with Gasteiger partial charge in [-0.15, -0.1) is 4.72 Å². The van der Waals surface area contributed by atoms with Crippen LogP contribution in [0.15, 0.2) is 30.3 Å². The first kappa shape index (κ1) is 14.9. The molecule has 0 aliphatic heterocycles. The van der Waals surface area contributed by atoms with Gasteiger partial charge in [-0.05, 0) is 51.0 Å². The van der Waals surface area contributed by atoms with Gasteiger partial charge >= 0.3 is 0 Å². The van der Waals surface area contributed by atoms with E-state index in [0.29, 0.717) is 6.04 Å². The van der Waals surface area contributed by atoms with E-state index in [2.05, 4.69) is 42.0 Å². The van der Waals surface area contributed by atoms with Gasteiger partial charge in [-0.2, -0.15) is 0 Å². The van der Waals surface area contributed by atoms with Gasteiger partial charge < -0.3 is 4.55 Å². The maximum atomic E-state index is 12.2. The van der Waals surface area contributed by atoms with Gasteiger partial charge in [0.15, 0.2) is 0 Å². The Balaban J connectivity index is 2.00. The third-order valence-electron chi connectivity index (χ3n) is 4.04. The molecule has 1 aromatic carbocycles. The zero-order chi connectivity index (χ0) is 14.1. The number of benzene rings is 1. The summed E-state index contributed by atoms with van der Waals surface area (Å²) in [6.45, 7) is 8.37. The predicted octanol–water partition coefficient (Wildman–Crippen LogP) is 3.55. The molecule has 3 atom stereocenters. The molecular formula is C16H25NOS. The summed E-state index contributed by atoms with van der Waals surface area (Å²) in [4.78, 5) is 0. The highest BCUT2D eigenvalue weighted by Gasteiger charge is 2.39. The summed E-state index contributed by atoms with van der Waals surface area (Å²) in [5, 5.41) is 0. The van der Waals surface area contributed by atoms with E-state index in [4.69, 9.17) is 0 Å². The van der Waals surface area contributed by atoms with E-state index in [1.807, 2.05) is 20.8 Å². The van der Waals surface area contributed by atoms with Gasteiger partial charge in [-0.1, -0.05) is 37.3 Å². The summed E-state index contributed by atoms with van der Waals surface area (Å²) in [5.41, 5.74) is 1.63. The molecule has 0 saturated heterocycles. The predicted molar refractivity (Wildman–Crippen MR) is 82.5 cm³/mol. The van der Waals surface area contributed by atoms with Crippen molar-refractivity contribution in [1.82, 2.24) is 4.72 Å². The standard InChI is InChI=1S/C16H25NOS/c1-15(2,3)19(18)17-14-10-11-16(4,12-14)13-8-6-5-7-9-13/h5-9,14,17H,10-12H2,1-4H3/t14-,16-,19?/m0/s1. The molecule has 0 bridgehead atoms. The first-order valence-electron chi connectivity index (χ1n) is 7.05. The Morgan fingerprint density at radius 2 is 1.89 bits per heavy atom. The second-order valence-electron chi connectivity index (χ2n) is 6.87. The fraction of sp³-hybridized carbons (Fsp3) is 0.625. The monoisotopic (exact) mass is 279 g/mol. The van der Waals surface area contributed by atoms with E-state index in [0.717, 1.165) is 19.3 Å². The number of nitrogens with one attached hydrogen (secondary N) is 1. The lowest BCUT2D eigenvalue weighted by atomic mass is 9.81. The Morgan fingerprint density at radius 3 is 2.47 bits per heavy atom. The molecule has 106 valence electrons. The molecule has 1 aliphatic rings. The maximum Gasteiger partial charge on any atom is 0.136 e. The molecule has 1 fully saturated rings. The summed E-state index contributed by atoms with van der Waals surface area (Å²) in [7, 11) is 0. The van der Waals surface area contributed by atoms with Gasteiger partial charge in [0, 0.05) is 11.4 Å². The smallest absolute Gasteiger partial charge is 0.136 e. The summed E-state index contributed by atoms with van der Waals surface area (Å²) in [6, 6.07) is 11.1. The molecule has 2 rings (SSSR count). The second-order valence-corrected chi connectivity index (χ2v) is 8.86. The van der Waals surface area contributed by atoms with Crippen LogP contribution in [0.3, 0.4) is 0 Å². The molecule has 2 nitrogen and oxygen atoms in total. The molecule has 0 aromatic heterocycles. The van der Waals surface area contributed by atoms with Gasteiger partial charge in [0.2, 0.25) is 0 Å². The van der Waals surface area contributed by atoms with Gasteiger partial charge in [0.05, 0.1) is 6.04 Å². The lowest BCUT2D eigenvalue weighted by Gasteiger charge is -2.28. The topological polar surface area (TPSA) is 35.1 Å². The highest BCUT2D eigenvalue weighted by Crippen LogP contribution is 2.41. The van der Waals surface area contributed by atoms with Crippen molar-refractivity contribution < 1.29 is 4.55 Å². The van der Waals surface area contributed by atoms with Crippen molar-refractivity contribution in [2.75, 3.05) is 0 Å². The minimum atomic E-state index is -0.967. The van der Waals surface area contributed by atoms with Crippen LogP contribution in [0.1, 0.15) is 52.5 Å². The van der Waals surface area contributed by atoms with Crippen molar-refractivity contribution in [2.24, 2.45) is 0 Å². The lowest BCUT2D eigenvalue weighted by Crippen LogP contribution is -2.44. The lowest BCUT2D eigenvalue weighted by molar-refractivity contribution is 0.468. The van der Waals surface area contributed by atoms with E-state index in [1.165, 1.54) is 5.56 Å². The second kappa shape index (κ2) is 5.47. The Morgan fingerprint density at radius 1 is 1.26 bits per heavy atom. The fourth-order valence-corrected chi connectivity index (χ4v) is 3.63. The SMILES string of the molecule is CC(C)(C)[S+]([O-])N[C@H]1CC[C@](C)(c2ccccc2)C1. The molecule has 0 amide bonds. The third-order valence-corrected chi connectivity index (χ3v) is 5.70. The largest absolute Gasteiger partial charge is 0.598 e. The zero-order valence-electron chi connectivity index (χ0n) is 12.4. The molecule has 1 unspecified atom stereocenters. The summed E-state index contributed by atoms with van der Waals surface area (Å²) in [5.74, 6) is 0. The Bertz CT molecular complexity index is 415. The maximum absolute atomic E-state index is 12.2. The molecule has 1 N–H and O–H groups in total. The van der Waals surface area contributed by atoms with Crippen LogP contribution < -0.4 is 4.72 Å². The van der Waals surface area contributed by atoms with E-state index in [1.54, 1.807) is 0 Å². The van der Waals surface area contributed by atoms with Gasteiger partial charge in [-0.3, -0.25) is 0 Å². The van der Waals surface area contributed by atoms with E-state index in [-0.39, 0.29) is 10.2 Å². The van der Waals surface area contributed by atoms with E-state index < -0.39 is 11.4 Å². The molecule has 1 aliphatic carbocycles. The zero-order valence-corrected chi connectivity index (χ0v) is 13.2. The Labute approximate surface area is 120 Å². The average Bonchev–Trinajstić information content (AvgIpc) is 2.72. The van der Waals surface area contributed by atoms with Crippen molar-refractivity contribution >= 4 is 11.4 Å². The molecular weight excluding hydrogens is 254 g/mol. The molecule has 1 saturated carbocycles. The van der Waals surface area contributed by atoms with Crippen LogP contribution in [-0.2, 0) is 16.8 Å². The van der Waals surface area contributed by atoms with E-state index in [9.17, 15) is 4.55 Å². The number of rotatable bonds is 3. The summed E-state index contributed by atoms with van der Waals surface area (Å²) < 4.78 is 15.3. The minimum absolute atomic E-state index is 0.189.